The Morgan fingerprint density at radius 2 is 2.22 bits per heavy atom. The molecule has 0 fully saturated rings. The van der Waals surface area contributed by atoms with E-state index in [4.69, 9.17) is 0 Å². The molecule has 18 heavy (non-hydrogen) atoms. The van der Waals surface area contributed by atoms with Gasteiger partial charge in [0.05, 0.1) is 6.04 Å². The predicted octanol–water partition coefficient (Wildman–Crippen LogP) is 2.09. The van der Waals surface area contributed by atoms with Gasteiger partial charge in [-0.25, -0.2) is 4.68 Å². The van der Waals surface area contributed by atoms with E-state index in [1.165, 1.54) is 5.57 Å². The van der Waals surface area contributed by atoms with E-state index in [9.17, 15) is 0 Å². The zero-order valence-electron chi connectivity index (χ0n) is 11.3. The fraction of sp³-hybridized carbons (Fsp3) is 0.462. The Morgan fingerprint density at radius 1 is 1.44 bits per heavy atom. The van der Waals surface area contributed by atoms with Crippen LogP contribution in [0.15, 0.2) is 29.5 Å². The molecule has 1 unspecified atom stereocenters. The normalized spacial score (nSPS) is 23.8. The molecule has 2 rings (SSSR count). The van der Waals surface area contributed by atoms with E-state index < -0.39 is 0 Å². The molecule has 1 aromatic heterocycles. The third kappa shape index (κ3) is 1.85. The van der Waals surface area contributed by atoms with Crippen molar-refractivity contribution in [2.45, 2.75) is 33.2 Å². The molecule has 1 aliphatic rings. The summed E-state index contributed by atoms with van der Waals surface area (Å²) in [5, 5.41) is 15.1. The number of nitrogens with one attached hydrogen (secondary N) is 1. The molecule has 0 radical (unpaired) electrons. The van der Waals surface area contributed by atoms with Crippen molar-refractivity contribution in [3.63, 3.8) is 0 Å². The molecule has 1 aromatic rings. The number of allylic oxidation sites excluding steroid dienone is 5. The van der Waals surface area contributed by atoms with Crippen molar-refractivity contribution >= 4 is 5.57 Å². The van der Waals surface area contributed by atoms with Crippen LogP contribution in [0.1, 0.15) is 39.1 Å². The van der Waals surface area contributed by atoms with Gasteiger partial charge in [-0.2, -0.15) is 0 Å². The molecule has 0 saturated carbocycles. The molecule has 5 heteroatoms. The van der Waals surface area contributed by atoms with Crippen molar-refractivity contribution in [3.8, 4) is 0 Å². The number of aromatic nitrogens is 4. The highest BCUT2D eigenvalue weighted by Crippen LogP contribution is 2.40. The van der Waals surface area contributed by atoms with Crippen LogP contribution in [0.25, 0.3) is 5.57 Å². The summed E-state index contributed by atoms with van der Waals surface area (Å²) in [6.07, 6.45) is 7.27. The van der Waals surface area contributed by atoms with Crippen molar-refractivity contribution in [2.75, 3.05) is 7.05 Å². The summed E-state index contributed by atoms with van der Waals surface area (Å²) < 4.78 is 1.91. The minimum absolute atomic E-state index is 0.226. The van der Waals surface area contributed by atoms with Crippen LogP contribution in [0, 0.1) is 0 Å². The summed E-state index contributed by atoms with van der Waals surface area (Å²) in [7, 11) is 1.93. The van der Waals surface area contributed by atoms with Gasteiger partial charge >= 0.3 is 0 Å². The molecule has 5 nitrogen and oxygen atoms in total. The second-order valence-electron chi connectivity index (χ2n) is 4.17. The van der Waals surface area contributed by atoms with Crippen molar-refractivity contribution in [1.82, 2.24) is 25.5 Å². The lowest BCUT2D eigenvalue weighted by Gasteiger charge is -2.11. The van der Waals surface area contributed by atoms with Gasteiger partial charge in [-0.3, -0.25) is 0 Å². The van der Waals surface area contributed by atoms with Gasteiger partial charge in [0.2, 0.25) is 0 Å². The topological polar surface area (TPSA) is 55.6 Å². The zero-order valence-corrected chi connectivity index (χ0v) is 11.3. The number of hydrogen-bond donors (Lipinski definition) is 1. The number of nitrogens with zero attached hydrogens (tertiary/aromatic N) is 4. The van der Waals surface area contributed by atoms with Crippen LogP contribution in [0.3, 0.4) is 0 Å². The minimum atomic E-state index is 0.226. The summed E-state index contributed by atoms with van der Waals surface area (Å²) in [6, 6.07) is 0.226. The van der Waals surface area contributed by atoms with E-state index in [1.807, 2.05) is 25.6 Å². The smallest absolute Gasteiger partial charge is 0.182 e. The monoisotopic (exact) mass is 245 g/mol. The maximum absolute atomic E-state index is 4.11. The van der Waals surface area contributed by atoms with E-state index in [1.54, 1.807) is 0 Å². The van der Waals surface area contributed by atoms with Gasteiger partial charge in [-0.1, -0.05) is 19.1 Å². The molecule has 0 aliphatic carbocycles. The molecular weight excluding hydrogens is 226 g/mol. The SMILES string of the molecule is C\C=C(/C=C1\C(=C/C)c2nnnn2C1CC)NC. The Morgan fingerprint density at radius 3 is 2.78 bits per heavy atom. The molecule has 0 aromatic carbocycles. The van der Waals surface area contributed by atoms with E-state index in [-0.39, 0.29) is 6.04 Å². The molecule has 0 saturated heterocycles. The van der Waals surface area contributed by atoms with Gasteiger partial charge in [0.25, 0.3) is 0 Å². The summed E-state index contributed by atoms with van der Waals surface area (Å²) in [6.45, 7) is 6.19. The third-order valence-electron chi connectivity index (χ3n) is 3.28. The summed E-state index contributed by atoms with van der Waals surface area (Å²) in [5.41, 5.74) is 3.47. The van der Waals surface area contributed by atoms with Crippen LogP contribution in [-0.2, 0) is 0 Å². The molecule has 0 bridgehead atoms. The minimum Gasteiger partial charge on any atom is -0.388 e. The predicted molar refractivity (Wildman–Crippen MR) is 71.7 cm³/mol. The quantitative estimate of drug-likeness (QED) is 0.886. The van der Waals surface area contributed by atoms with Crippen molar-refractivity contribution in [1.29, 1.82) is 0 Å². The highest BCUT2D eigenvalue weighted by molar-refractivity contribution is 5.80. The molecule has 1 aliphatic heterocycles. The lowest BCUT2D eigenvalue weighted by molar-refractivity contribution is 0.510. The number of likely N-dealkylation sites (N-methyl/N-ethyl adjacent to an activating group) is 1. The first kappa shape index (κ1) is 12.5. The van der Waals surface area contributed by atoms with E-state index in [0.717, 1.165) is 23.5 Å². The number of tetrazole rings is 1. The Balaban J connectivity index is 2.51. The summed E-state index contributed by atoms with van der Waals surface area (Å²) in [4.78, 5) is 0. The fourth-order valence-electron chi connectivity index (χ4n) is 2.35. The third-order valence-corrected chi connectivity index (χ3v) is 3.28. The standard InChI is InChI=1S/C13H19N5/c1-5-9(14-4)8-11-10(6-2)13-15-16-17-18(13)12(11)7-3/h5-6,8,12,14H,7H2,1-4H3/b9-5+,10-6+,11-8+. The number of fused-ring (bicyclic) bond motifs is 1. The Labute approximate surface area is 107 Å². The van der Waals surface area contributed by atoms with Crippen LogP contribution in [0.5, 0.6) is 0 Å². The summed E-state index contributed by atoms with van der Waals surface area (Å²) >= 11 is 0. The van der Waals surface area contributed by atoms with Gasteiger partial charge in [-0.15, -0.1) is 5.10 Å². The first-order valence-electron chi connectivity index (χ1n) is 6.27. The van der Waals surface area contributed by atoms with Crippen molar-refractivity contribution in [2.24, 2.45) is 0 Å². The zero-order chi connectivity index (χ0) is 13.1. The molecule has 0 amide bonds. The van der Waals surface area contributed by atoms with Gasteiger partial charge in [-0.05, 0) is 42.3 Å². The molecule has 1 N–H and O–H groups in total. The maximum Gasteiger partial charge on any atom is 0.182 e. The highest BCUT2D eigenvalue weighted by atomic mass is 15.6. The second kappa shape index (κ2) is 5.16. The van der Waals surface area contributed by atoms with E-state index in [2.05, 4.69) is 46.0 Å². The van der Waals surface area contributed by atoms with Crippen LogP contribution < -0.4 is 5.32 Å². The largest absolute Gasteiger partial charge is 0.388 e. The number of hydrogen-bond acceptors (Lipinski definition) is 4. The van der Waals surface area contributed by atoms with Crippen molar-refractivity contribution in [3.05, 3.63) is 35.3 Å². The molecule has 0 spiro atoms. The van der Waals surface area contributed by atoms with Gasteiger partial charge in [0, 0.05) is 18.3 Å². The fourth-order valence-corrected chi connectivity index (χ4v) is 2.35. The lowest BCUT2D eigenvalue weighted by atomic mass is 9.99. The summed E-state index contributed by atoms with van der Waals surface area (Å²) in [5.74, 6) is 0.863. The first-order chi connectivity index (χ1) is 8.76. The van der Waals surface area contributed by atoms with Crippen LogP contribution in [0.4, 0.5) is 0 Å². The van der Waals surface area contributed by atoms with E-state index in [0.29, 0.717) is 0 Å². The van der Waals surface area contributed by atoms with Gasteiger partial charge in [0.1, 0.15) is 0 Å². The van der Waals surface area contributed by atoms with Crippen LogP contribution in [-0.4, -0.2) is 27.3 Å². The Kier molecular flexibility index (Phi) is 3.60. The van der Waals surface area contributed by atoms with Gasteiger partial charge < -0.3 is 5.32 Å². The second-order valence-corrected chi connectivity index (χ2v) is 4.17. The number of rotatable bonds is 3. The van der Waals surface area contributed by atoms with E-state index >= 15 is 0 Å². The highest BCUT2D eigenvalue weighted by Gasteiger charge is 2.32. The molecule has 2 heterocycles. The first-order valence-corrected chi connectivity index (χ1v) is 6.27. The molecular formula is C13H19N5. The Bertz CT molecular complexity index is 521. The average Bonchev–Trinajstić information content (AvgIpc) is 2.94. The lowest BCUT2D eigenvalue weighted by Crippen LogP contribution is -2.09. The molecule has 96 valence electrons. The van der Waals surface area contributed by atoms with Gasteiger partial charge in [0.15, 0.2) is 5.82 Å². The van der Waals surface area contributed by atoms with Crippen LogP contribution >= 0.6 is 0 Å². The maximum atomic E-state index is 4.11. The van der Waals surface area contributed by atoms with Crippen molar-refractivity contribution < 1.29 is 0 Å². The van der Waals surface area contributed by atoms with Crippen LogP contribution in [0.2, 0.25) is 0 Å². The average molecular weight is 245 g/mol. The Hall–Kier alpha value is -1.91. The molecule has 1 atom stereocenters.